The van der Waals surface area contributed by atoms with Gasteiger partial charge in [-0.05, 0) is 19.8 Å². The number of hydrogen-bond donors (Lipinski definition) is 2. The molecule has 108 valence electrons. The van der Waals surface area contributed by atoms with Crippen LogP contribution in [-0.2, 0) is 19.4 Å². The largest absolute Gasteiger partial charge is 0.480 e. The number of rotatable bonds is 4. The molecule has 2 aliphatic rings. The second kappa shape index (κ2) is 4.94. The van der Waals surface area contributed by atoms with E-state index in [-0.39, 0.29) is 12.4 Å². The molecule has 2 amide bonds. The van der Waals surface area contributed by atoms with Crippen LogP contribution < -0.4 is 0 Å². The maximum atomic E-state index is 12.0. The molecule has 0 radical (unpaired) electrons. The van der Waals surface area contributed by atoms with E-state index in [0.717, 1.165) is 0 Å². The molecule has 0 aromatic carbocycles. The Morgan fingerprint density at radius 2 is 2.21 bits per heavy atom. The maximum absolute atomic E-state index is 12.0. The van der Waals surface area contributed by atoms with E-state index in [1.807, 2.05) is 0 Å². The van der Waals surface area contributed by atoms with E-state index in [2.05, 4.69) is 4.28 Å². The summed E-state index contributed by atoms with van der Waals surface area (Å²) in [6.45, 7) is 2.31. The van der Waals surface area contributed by atoms with E-state index in [0.29, 0.717) is 24.5 Å². The molecule has 0 saturated carbocycles. The molecule has 9 nitrogen and oxygen atoms in total. The molecule has 0 spiro atoms. The minimum Gasteiger partial charge on any atom is -0.480 e. The molecular formula is C9H15N3O6S. The number of ether oxygens (including phenoxy) is 1. The van der Waals surface area contributed by atoms with Crippen molar-refractivity contribution in [1.29, 1.82) is 5.41 Å². The van der Waals surface area contributed by atoms with Crippen LogP contribution in [-0.4, -0.2) is 60.1 Å². The van der Waals surface area contributed by atoms with E-state index in [4.69, 9.17) is 14.7 Å². The summed E-state index contributed by atoms with van der Waals surface area (Å²) >= 11 is 0. The summed E-state index contributed by atoms with van der Waals surface area (Å²) in [7, 11) is -4.73. The van der Waals surface area contributed by atoms with Gasteiger partial charge in [0.25, 0.3) is 0 Å². The van der Waals surface area contributed by atoms with Crippen molar-refractivity contribution in [2.45, 2.75) is 31.8 Å². The summed E-state index contributed by atoms with van der Waals surface area (Å²) in [6, 6.07) is -1.65. The Labute approximate surface area is 110 Å². The number of carbonyl (C=O) groups excluding carboxylic acids is 1. The van der Waals surface area contributed by atoms with Crippen LogP contribution in [0.2, 0.25) is 0 Å². The Morgan fingerprint density at radius 3 is 2.79 bits per heavy atom. The van der Waals surface area contributed by atoms with Gasteiger partial charge in [0, 0.05) is 6.54 Å². The first-order chi connectivity index (χ1) is 8.83. The standard InChI is InChI=1S/C9H15N3O6S/c1-2-17-8(10)7-4-3-6-5-11(7)9(13)12(6)18-19(14,15)16/h6-7,10H,2-5H2,1H3,(H,14,15,16)/t6-,7+/m1/s1. The quantitative estimate of drug-likeness (QED) is 0.428. The first-order valence-electron chi connectivity index (χ1n) is 5.81. The lowest BCUT2D eigenvalue weighted by atomic mass is 10.0. The van der Waals surface area contributed by atoms with E-state index in [9.17, 15) is 13.2 Å². The summed E-state index contributed by atoms with van der Waals surface area (Å²) in [6.07, 6.45) is 0.957. The number of piperidine rings is 1. The van der Waals surface area contributed by atoms with E-state index in [1.54, 1.807) is 6.92 Å². The minimum absolute atomic E-state index is 0.0250. The SMILES string of the molecule is CCOC(=N)[C@@H]1CC[C@@H]2CN1C(=O)N2OS(=O)(=O)O. The second-order valence-corrected chi connectivity index (χ2v) is 5.31. The normalized spacial score (nSPS) is 26.7. The third-order valence-electron chi connectivity index (χ3n) is 3.10. The average molecular weight is 293 g/mol. The third-order valence-corrected chi connectivity index (χ3v) is 3.45. The molecule has 2 heterocycles. The van der Waals surface area contributed by atoms with Crippen molar-refractivity contribution in [3.8, 4) is 0 Å². The van der Waals surface area contributed by atoms with Gasteiger partial charge in [0.1, 0.15) is 6.04 Å². The first kappa shape index (κ1) is 14.0. The molecule has 2 rings (SSSR count). The zero-order chi connectivity index (χ0) is 14.2. The number of hydroxylamine groups is 2. The average Bonchev–Trinajstić information content (AvgIpc) is 2.53. The Balaban J connectivity index is 2.13. The van der Waals surface area contributed by atoms with Crippen LogP contribution in [0, 0.1) is 5.41 Å². The number of nitrogens with zero attached hydrogens (tertiary/aromatic N) is 2. The predicted octanol–water partition coefficient (Wildman–Crippen LogP) is 0.00317. The van der Waals surface area contributed by atoms with Gasteiger partial charge in [-0.2, -0.15) is 13.5 Å². The van der Waals surface area contributed by atoms with E-state index in [1.165, 1.54) is 4.90 Å². The highest BCUT2D eigenvalue weighted by molar-refractivity contribution is 7.80. The lowest BCUT2D eigenvalue weighted by Crippen LogP contribution is -2.45. The van der Waals surface area contributed by atoms with Crippen molar-refractivity contribution in [1.82, 2.24) is 9.96 Å². The molecule has 2 N–H and O–H groups in total. The molecule has 10 heteroatoms. The van der Waals surface area contributed by atoms with Crippen LogP contribution >= 0.6 is 0 Å². The lowest BCUT2D eigenvalue weighted by Gasteiger charge is -2.29. The van der Waals surface area contributed by atoms with Crippen LogP contribution in [0.25, 0.3) is 0 Å². The zero-order valence-corrected chi connectivity index (χ0v) is 11.1. The van der Waals surface area contributed by atoms with Crippen LogP contribution in [0.3, 0.4) is 0 Å². The molecular weight excluding hydrogens is 278 g/mol. The fourth-order valence-electron chi connectivity index (χ4n) is 2.36. The lowest BCUT2D eigenvalue weighted by molar-refractivity contribution is -0.0316. The van der Waals surface area contributed by atoms with Gasteiger partial charge in [-0.1, -0.05) is 0 Å². The molecule has 2 saturated heterocycles. The van der Waals surface area contributed by atoms with Gasteiger partial charge in [-0.15, -0.1) is 4.28 Å². The molecule has 2 aliphatic heterocycles. The molecule has 0 aromatic rings. The third kappa shape index (κ3) is 2.80. The molecule has 0 aromatic heterocycles. The Morgan fingerprint density at radius 1 is 1.53 bits per heavy atom. The molecule has 19 heavy (non-hydrogen) atoms. The number of fused-ring (bicyclic) bond motifs is 2. The highest BCUT2D eigenvalue weighted by Gasteiger charge is 2.48. The van der Waals surface area contributed by atoms with Crippen molar-refractivity contribution in [3.05, 3.63) is 0 Å². The van der Waals surface area contributed by atoms with Crippen LogP contribution in [0.5, 0.6) is 0 Å². The van der Waals surface area contributed by atoms with Gasteiger partial charge in [0.05, 0.1) is 12.6 Å². The van der Waals surface area contributed by atoms with Crippen LogP contribution in [0.1, 0.15) is 19.8 Å². The molecule has 2 bridgehead atoms. The summed E-state index contributed by atoms with van der Waals surface area (Å²) in [5.41, 5.74) is 0. The highest BCUT2D eigenvalue weighted by atomic mass is 32.3. The molecule has 0 aliphatic carbocycles. The Kier molecular flexibility index (Phi) is 3.65. The highest BCUT2D eigenvalue weighted by Crippen LogP contribution is 2.31. The number of amides is 2. The van der Waals surface area contributed by atoms with E-state index < -0.39 is 28.5 Å². The summed E-state index contributed by atoms with van der Waals surface area (Å²) in [5, 5.41) is 8.38. The number of hydrogen-bond acceptors (Lipinski definition) is 6. The van der Waals surface area contributed by atoms with Gasteiger partial charge in [0.2, 0.25) is 5.90 Å². The predicted molar refractivity (Wildman–Crippen MR) is 62.7 cm³/mol. The maximum Gasteiger partial charge on any atom is 0.418 e. The van der Waals surface area contributed by atoms with Crippen molar-refractivity contribution in [2.75, 3.05) is 13.2 Å². The zero-order valence-electron chi connectivity index (χ0n) is 10.3. The first-order valence-corrected chi connectivity index (χ1v) is 7.18. The molecule has 2 fully saturated rings. The second-order valence-electron chi connectivity index (χ2n) is 4.31. The van der Waals surface area contributed by atoms with Crippen molar-refractivity contribution in [2.24, 2.45) is 0 Å². The van der Waals surface area contributed by atoms with Gasteiger partial charge >= 0.3 is 16.4 Å². The van der Waals surface area contributed by atoms with Gasteiger partial charge in [-0.25, -0.2) is 4.79 Å². The van der Waals surface area contributed by atoms with Gasteiger partial charge in [-0.3, -0.25) is 9.96 Å². The van der Waals surface area contributed by atoms with Crippen molar-refractivity contribution >= 4 is 22.3 Å². The fourth-order valence-corrected chi connectivity index (χ4v) is 2.74. The van der Waals surface area contributed by atoms with Crippen molar-refractivity contribution < 1.29 is 26.8 Å². The van der Waals surface area contributed by atoms with Crippen LogP contribution in [0.4, 0.5) is 4.79 Å². The van der Waals surface area contributed by atoms with Gasteiger partial charge in [0.15, 0.2) is 0 Å². The molecule has 0 unspecified atom stereocenters. The summed E-state index contributed by atoms with van der Waals surface area (Å²) in [4.78, 5) is 13.3. The van der Waals surface area contributed by atoms with Gasteiger partial charge < -0.3 is 9.64 Å². The molecule has 2 atom stereocenters. The number of nitrogens with one attached hydrogen (secondary N) is 1. The fraction of sp³-hybridized carbons (Fsp3) is 0.778. The Hall–Kier alpha value is -1.39. The van der Waals surface area contributed by atoms with Crippen LogP contribution in [0.15, 0.2) is 0 Å². The number of carbonyl (C=O) groups is 1. The number of urea groups is 1. The van der Waals surface area contributed by atoms with E-state index >= 15 is 0 Å². The van der Waals surface area contributed by atoms with Crippen molar-refractivity contribution in [3.63, 3.8) is 0 Å². The summed E-state index contributed by atoms with van der Waals surface area (Å²) in [5.74, 6) is -0.0250. The summed E-state index contributed by atoms with van der Waals surface area (Å²) < 4.78 is 39.4. The minimum atomic E-state index is -4.73. The monoisotopic (exact) mass is 293 g/mol. The Bertz CT molecular complexity index is 492. The smallest absolute Gasteiger partial charge is 0.418 e. The topological polar surface area (TPSA) is 120 Å².